The number of hydrogen-bond acceptors (Lipinski definition) is 4. The monoisotopic (exact) mass is 656 g/mol. The van der Waals surface area contributed by atoms with E-state index < -0.39 is 0 Å². The number of para-hydroxylation sites is 1. The molecule has 0 unspecified atom stereocenters. The molecule has 4 nitrogen and oxygen atoms in total. The molecule has 0 atom stereocenters. The average molecular weight is 657 g/mol. The summed E-state index contributed by atoms with van der Waals surface area (Å²) in [5.41, 5.74) is 8.92. The number of fused-ring (bicyclic) bond motifs is 6. The summed E-state index contributed by atoms with van der Waals surface area (Å²) in [5, 5.41) is 5.01. The molecule has 0 N–H and O–H groups in total. The zero-order valence-electron chi connectivity index (χ0n) is 26.9. The minimum atomic E-state index is 0.664. The van der Waals surface area contributed by atoms with E-state index in [0.717, 1.165) is 22.4 Å². The van der Waals surface area contributed by atoms with Gasteiger partial charge in [-0.25, -0.2) is 15.0 Å². The van der Waals surface area contributed by atoms with Gasteiger partial charge in [0.15, 0.2) is 17.5 Å². The lowest BCUT2D eigenvalue weighted by Crippen LogP contribution is -1.99. The molecule has 0 amide bonds. The van der Waals surface area contributed by atoms with Crippen LogP contribution in [-0.4, -0.2) is 19.5 Å². The summed E-state index contributed by atoms with van der Waals surface area (Å²) in [5.74, 6) is 1.99. The molecular formula is C45H28N4S. The lowest BCUT2D eigenvalue weighted by Gasteiger charge is -2.09. The predicted molar refractivity (Wildman–Crippen MR) is 209 cm³/mol. The fraction of sp³-hybridized carbons (Fsp3) is 0. The van der Waals surface area contributed by atoms with E-state index in [9.17, 15) is 0 Å². The van der Waals surface area contributed by atoms with Crippen LogP contribution in [0.3, 0.4) is 0 Å². The molecule has 50 heavy (non-hydrogen) atoms. The Morgan fingerprint density at radius 1 is 0.380 bits per heavy atom. The Balaban J connectivity index is 1.12. The Bertz CT molecular complexity index is 2800. The quantitative estimate of drug-likeness (QED) is 0.185. The molecule has 0 spiro atoms. The van der Waals surface area contributed by atoms with E-state index in [1.54, 1.807) is 0 Å². The fourth-order valence-corrected chi connectivity index (χ4v) is 8.32. The number of hydrogen-bond donors (Lipinski definition) is 0. The summed E-state index contributed by atoms with van der Waals surface area (Å²) in [7, 11) is 0. The number of aromatic nitrogens is 4. The van der Waals surface area contributed by atoms with Crippen LogP contribution in [0.5, 0.6) is 0 Å². The summed E-state index contributed by atoms with van der Waals surface area (Å²) in [4.78, 5) is 14.8. The molecule has 10 aromatic rings. The normalized spacial score (nSPS) is 11.6. The average Bonchev–Trinajstić information content (AvgIpc) is 3.73. The van der Waals surface area contributed by atoms with E-state index in [4.69, 9.17) is 15.0 Å². The Kier molecular flexibility index (Phi) is 6.64. The summed E-state index contributed by atoms with van der Waals surface area (Å²) in [6, 6.07) is 59.8. The Labute approximate surface area is 292 Å². The van der Waals surface area contributed by atoms with Gasteiger partial charge < -0.3 is 4.57 Å². The minimum absolute atomic E-state index is 0.664. The van der Waals surface area contributed by atoms with E-state index in [1.807, 2.05) is 72.0 Å². The molecule has 0 aliphatic rings. The highest BCUT2D eigenvalue weighted by Gasteiger charge is 2.18. The van der Waals surface area contributed by atoms with Crippen LogP contribution < -0.4 is 0 Å². The van der Waals surface area contributed by atoms with Gasteiger partial charge in [-0.1, -0.05) is 140 Å². The van der Waals surface area contributed by atoms with Crippen molar-refractivity contribution in [3.63, 3.8) is 0 Å². The first-order chi connectivity index (χ1) is 24.8. The van der Waals surface area contributed by atoms with Crippen LogP contribution >= 0.6 is 11.3 Å². The number of benzene rings is 7. The zero-order valence-corrected chi connectivity index (χ0v) is 27.7. The highest BCUT2D eigenvalue weighted by Crippen LogP contribution is 2.41. The third kappa shape index (κ3) is 4.71. The van der Waals surface area contributed by atoms with Gasteiger partial charge in [-0.2, -0.15) is 0 Å². The van der Waals surface area contributed by atoms with Gasteiger partial charge in [0.2, 0.25) is 0 Å². The second-order valence-electron chi connectivity index (χ2n) is 12.5. The highest BCUT2D eigenvalue weighted by atomic mass is 32.1. The topological polar surface area (TPSA) is 43.6 Å². The van der Waals surface area contributed by atoms with Gasteiger partial charge in [-0.3, -0.25) is 0 Å². The third-order valence-electron chi connectivity index (χ3n) is 9.46. The molecular weight excluding hydrogens is 629 g/mol. The van der Waals surface area contributed by atoms with Crippen LogP contribution in [0.2, 0.25) is 0 Å². The van der Waals surface area contributed by atoms with Gasteiger partial charge in [0.25, 0.3) is 0 Å². The molecule has 0 aliphatic carbocycles. The molecule has 0 saturated carbocycles. The van der Waals surface area contributed by atoms with Crippen molar-refractivity contribution in [1.82, 2.24) is 19.5 Å². The first-order valence-electron chi connectivity index (χ1n) is 16.7. The van der Waals surface area contributed by atoms with Crippen LogP contribution in [0.15, 0.2) is 170 Å². The molecule has 0 aliphatic heterocycles. The molecule has 234 valence electrons. The molecule has 5 heteroatoms. The van der Waals surface area contributed by atoms with Gasteiger partial charge in [0, 0.05) is 53.3 Å². The number of thiophene rings is 1. The van der Waals surface area contributed by atoms with Crippen LogP contribution in [0.4, 0.5) is 0 Å². The summed E-state index contributed by atoms with van der Waals surface area (Å²) in [6.07, 6.45) is 0. The predicted octanol–water partition coefficient (Wildman–Crippen LogP) is 12.0. The van der Waals surface area contributed by atoms with Gasteiger partial charge in [0.1, 0.15) is 0 Å². The Morgan fingerprint density at radius 2 is 0.920 bits per heavy atom. The van der Waals surface area contributed by atoms with Gasteiger partial charge in [0.05, 0.1) is 11.0 Å². The molecule has 10 rings (SSSR count). The van der Waals surface area contributed by atoms with Crippen LogP contribution in [-0.2, 0) is 0 Å². The largest absolute Gasteiger partial charge is 0.309 e. The van der Waals surface area contributed by atoms with Crippen molar-refractivity contribution in [3.05, 3.63) is 170 Å². The molecule has 0 saturated heterocycles. The number of nitrogens with zero attached hydrogens (tertiary/aromatic N) is 4. The van der Waals surface area contributed by atoms with Gasteiger partial charge >= 0.3 is 0 Å². The SMILES string of the molecule is c1ccc(-c2nc(-c3ccccc3)nc(-c3ccc4c(c3)sc3cc(-n5c6ccccc6c6c(-c7ccccc7)cccc65)ccc34)n2)cc1. The highest BCUT2D eigenvalue weighted by molar-refractivity contribution is 7.25. The van der Waals surface area contributed by atoms with E-state index >= 15 is 0 Å². The van der Waals surface area contributed by atoms with Crippen molar-refractivity contribution in [2.24, 2.45) is 0 Å². The first kappa shape index (κ1) is 28.6. The molecule has 3 aromatic heterocycles. The standard InChI is InChI=1S/C45H28N4S/c1-4-13-29(14-5-1)34-20-12-22-39-42(34)37-19-10-11-21-38(37)49(39)33-24-26-36-35-25-23-32(27-40(35)50-41(36)28-33)45-47-43(30-15-6-2-7-16-30)46-44(48-45)31-17-8-3-9-18-31/h1-28H. The maximum Gasteiger partial charge on any atom is 0.164 e. The first-order valence-corrected chi connectivity index (χ1v) is 17.5. The van der Waals surface area contributed by atoms with Crippen LogP contribution in [0, 0.1) is 0 Å². The molecule has 0 bridgehead atoms. The van der Waals surface area contributed by atoms with Crippen molar-refractivity contribution in [2.45, 2.75) is 0 Å². The maximum atomic E-state index is 4.97. The smallest absolute Gasteiger partial charge is 0.164 e. The molecule has 3 heterocycles. The lowest BCUT2D eigenvalue weighted by atomic mass is 9.99. The van der Waals surface area contributed by atoms with E-state index in [1.165, 1.54) is 53.1 Å². The number of rotatable bonds is 5. The van der Waals surface area contributed by atoms with Crippen molar-refractivity contribution in [1.29, 1.82) is 0 Å². The minimum Gasteiger partial charge on any atom is -0.309 e. The lowest BCUT2D eigenvalue weighted by molar-refractivity contribution is 1.07. The van der Waals surface area contributed by atoms with Crippen molar-refractivity contribution < 1.29 is 0 Å². The van der Waals surface area contributed by atoms with Gasteiger partial charge in [-0.15, -0.1) is 11.3 Å². The van der Waals surface area contributed by atoms with Crippen LogP contribution in [0.1, 0.15) is 0 Å². The second kappa shape index (κ2) is 11.6. The van der Waals surface area contributed by atoms with E-state index in [-0.39, 0.29) is 0 Å². The molecule has 0 fully saturated rings. The third-order valence-corrected chi connectivity index (χ3v) is 10.6. The fourth-order valence-electron chi connectivity index (χ4n) is 7.14. The molecule has 7 aromatic carbocycles. The van der Waals surface area contributed by atoms with Crippen molar-refractivity contribution >= 4 is 53.3 Å². The zero-order chi connectivity index (χ0) is 33.0. The second-order valence-corrected chi connectivity index (χ2v) is 13.5. The van der Waals surface area contributed by atoms with Crippen molar-refractivity contribution in [3.8, 4) is 51.0 Å². The maximum absolute atomic E-state index is 4.97. The van der Waals surface area contributed by atoms with E-state index in [0.29, 0.717) is 17.5 Å². The Hall–Kier alpha value is -6.43. The summed E-state index contributed by atoms with van der Waals surface area (Å²) >= 11 is 1.81. The summed E-state index contributed by atoms with van der Waals surface area (Å²) in [6.45, 7) is 0. The molecule has 0 radical (unpaired) electrons. The van der Waals surface area contributed by atoms with E-state index in [2.05, 4.69) is 114 Å². The van der Waals surface area contributed by atoms with Crippen molar-refractivity contribution in [2.75, 3.05) is 0 Å². The van der Waals surface area contributed by atoms with Crippen LogP contribution in [0.25, 0.3) is 93.0 Å². The Morgan fingerprint density at radius 3 is 1.60 bits per heavy atom. The summed E-state index contributed by atoms with van der Waals surface area (Å²) < 4.78 is 4.85. The van der Waals surface area contributed by atoms with Gasteiger partial charge in [-0.05, 0) is 41.5 Å².